The molecule has 1 aliphatic carbocycles. The third-order valence-corrected chi connectivity index (χ3v) is 10.9. The molecule has 258 valence electrons. The van der Waals surface area contributed by atoms with Crippen LogP contribution < -0.4 is 14.4 Å². The zero-order valence-electron chi connectivity index (χ0n) is 27.6. The topological polar surface area (TPSA) is 96.0 Å². The minimum atomic E-state index is -4.33. The van der Waals surface area contributed by atoms with E-state index in [4.69, 9.17) is 16.3 Å². The van der Waals surface area contributed by atoms with Crippen LogP contribution in [0, 0.1) is 12.7 Å². The van der Waals surface area contributed by atoms with E-state index in [0.29, 0.717) is 5.75 Å². The third-order valence-electron chi connectivity index (χ3n) is 8.83. The highest BCUT2D eigenvalue weighted by Gasteiger charge is 2.36. The van der Waals surface area contributed by atoms with E-state index in [2.05, 4.69) is 5.32 Å². The van der Waals surface area contributed by atoms with E-state index in [1.165, 1.54) is 48.4 Å². The molecule has 0 heterocycles. The Labute approximate surface area is 292 Å². The van der Waals surface area contributed by atoms with Crippen LogP contribution in [0.5, 0.6) is 5.75 Å². The number of hydrogen-bond acceptors (Lipinski definition) is 5. The van der Waals surface area contributed by atoms with Gasteiger partial charge in [-0.15, -0.1) is 0 Å². The van der Waals surface area contributed by atoms with E-state index >= 15 is 4.39 Å². The summed E-state index contributed by atoms with van der Waals surface area (Å²) in [6.45, 7) is 0.894. The molecule has 0 spiro atoms. The highest BCUT2D eigenvalue weighted by atomic mass is 35.5. The van der Waals surface area contributed by atoms with E-state index in [1.54, 1.807) is 30.3 Å². The zero-order chi connectivity index (χ0) is 35.0. The monoisotopic (exact) mass is 705 g/mol. The number of ether oxygens (including phenoxy) is 1. The number of carbonyl (C=O) groups excluding carboxylic acids is 2. The Balaban J connectivity index is 1.59. The fourth-order valence-corrected chi connectivity index (χ4v) is 7.74. The second-order valence-corrected chi connectivity index (χ2v) is 14.6. The van der Waals surface area contributed by atoms with Crippen molar-refractivity contribution in [2.75, 3.05) is 18.0 Å². The Morgan fingerprint density at radius 2 is 1.61 bits per heavy atom. The number of amides is 2. The van der Waals surface area contributed by atoms with E-state index in [1.807, 2.05) is 37.3 Å². The van der Waals surface area contributed by atoms with Crippen LogP contribution in [-0.2, 0) is 32.6 Å². The molecule has 0 bridgehead atoms. The zero-order valence-corrected chi connectivity index (χ0v) is 29.2. The molecule has 4 aromatic carbocycles. The number of hydrogen-bond donors (Lipinski definition) is 1. The summed E-state index contributed by atoms with van der Waals surface area (Å²) in [5, 5.41) is 3.30. The quantitative estimate of drug-likeness (QED) is 0.160. The number of anilines is 1. The molecule has 4 aromatic rings. The molecule has 1 fully saturated rings. The lowest BCUT2D eigenvalue weighted by molar-refractivity contribution is -0.140. The van der Waals surface area contributed by atoms with Crippen molar-refractivity contribution in [2.24, 2.45) is 0 Å². The van der Waals surface area contributed by atoms with Crippen LogP contribution in [0.4, 0.5) is 10.1 Å². The van der Waals surface area contributed by atoms with Gasteiger partial charge < -0.3 is 15.0 Å². The van der Waals surface area contributed by atoms with E-state index in [9.17, 15) is 18.0 Å². The molecule has 5 rings (SSSR count). The molecule has 8 nitrogen and oxygen atoms in total. The van der Waals surface area contributed by atoms with Crippen LogP contribution in [0.25, 0.3) is 0 Å². The number of carbonyl (C=O) groups is 2. The number of methoxy groups -OCH3 is 1. The average Bonchev–Trinajstić information content (AvgIpc) is 3.10. The Morgan fingerprint density at radius 3 is 2.27 bits per heavy atom. The Bertz CT molecular complexity index is 1850. The van der Waals surface area contributed by atoms with Crippen molar-refractivity contribution >= 4 is 39.1 Å². The van der Waals surface area contributed by atoms with Crippen molar-refractivity contribution in [1.29, 1.82) is 0 Å². The lowest BCUT2D eigenvalue weighted by Gasteiger charge is -2.35. The first-order valence-corrected chi connectivity index (χ1v) is 18.2. The van der Waals surface area contributed by atoms with Gasteiger partial charge in [0.25, 0.3) is 10.0 Å². The first kappa shape index (κ1) is 35.9. The molecule has 1 atom stereocenters. The largest absolute Gasteiger partial charge is 0.495 e. The minimum Gasteiger partial charge on any atom is -0.495 e. The van der Waals surface area contributed by atoms with Crippen LogP contribution in [0.15, 0.2) is 102 Å². The number of nitrogens with one attached hydrogen (secondary N) is 1. The molecule has 0 unspecified atom stereocenters. The van der Waals surface area contributed by atoms with Crippen molar-refractivity contribution in [3.63, 3.8) is 0 Å². The van der Waals surface area contributed by atoms with Crippen LogP contribution in [-0.4, -0.2) is 50.9 Å². The third kappa shape index (κ3) is 8.99. The van der Waals surface area contributed by atoms with Crippen LogP contribution in [0.1, 0.15) is 48.8 Å². The number of sulfonamides is 1. The average molecular weight is 706 g/mol. The lowest BCUT2D eigenvalue weighted by atomic mass is 9.94. The van der Waals surface area contributed by atoms with Crippen molar-refractivity contribution in [2.45, 2.75) is 69.0 Å². The lowest BCUT2D eigenvalue weighted by Crippen LogP contribution is -2.55. The van der Waals surface area contributed by atoms with E-state index in [-0.39, 0.29) is 46.1 Å². The predicted molar refractivity (Wildman–Crippen MR) is 190 cm³/mol. The first-order valence-electron chi connectivity index (χ1n) is 16.4. The number of aryl methyl sites for hydroxylation is 1. The second kappa shape index (κ2) is 16.3. The highest BCUT2D eigenvalue weighted by Crippen LogP contribution is 2.32. The summed E-state index contributed by atoms with van der Waals surface area (Å²) < 4.78 is 50.0. The Kier molecular flexibility index (Phi) is 12.0. The molecule has 2 amide bonds. The van der Waals surface area contributed by atoms with Gasteiger partial charge in [-0.3, -0.25) is 13.9 Å². The highest BCUT2D eigenvalue weighted by molar-refractivity contribution is 7.92. The maximum Gasteiger partial charge on any atom is 0.264 e. The molecule has 0 saturated heterocycles. The van der Waals surface area contributed by atoms with Gasteiger partial charge in [-0.1, -0.05) is 97.1 Å². The van der Waals surface area contributed by atoms with Crippen LogP contribution in [0.3, 0.4) is 0 Å². The maximum atomic E-state index is 15.2. The molecule has 0 radical (unpaired) electrons. The smallest absolute Gasteiger partial charge is 0.264 e. The minimum absolute atomic E-state index is 0.0330. The van der Waals surface area contributed by atoms with Gasteiger partial charge >= 0.3 is 0 Å². The molecule has 49 heavy (non-hydrogen) atoms. The summed E-state index contributed by atoms with van der Waals surface area (Å²) >= 11 is 6.45. The molecule has 1 aliphatic rings. The number of benzene rings is 4. The fraction of sp³-hybridized carbons (Fsp3) is 0.316. The molecule has 0 aliphatic heterocycles. The summed E-state index contributed by atoms with van der Waals surface area (Å²) in [6, 6.07) is 24.9. The van der Waals surface area contributed by atoms with Crippen molar-refractivity contribution in [1.82, 2.24) is 10.2 Å². The van der Waals surface area contributed by atoms with Gasteiger partial charge in [0.2, 0.25) is 11.8 Å². The van der Waals surface area contributed by atoms with Crippen molar-refractivity contribution < 1.29 is 27.1 Å². The maximum absolute atomic E-state index is 15.2. The van der Waals surface area contributed by atoms with Gasteiger partial charge in [0, 0.05) is 24.6 Å². The van der Waals surface area contributed by atoms with Crippen LogP contribution >= 0.6 is 11.6 Å². The van der Waals surface area contributed by atoms with E-state index < -0.39 is 34.3 Å². The van der Waals surface area contributed by atoms with Gasteiger partial charge in [-0.25, -0.2) is 12.8 Å². The molecular weight excluding hydrogens is 665 g/mol. The normalized spacial score (nSPS) is 14.1. The second-order valence-electron chi connectivity index (χ2n) is 12.3. The van der Waals surface area contributed by atoms with Crippen molar-refractivity contribution in [3.8, 4) is 5.75 Å². The summed E-state index contributed by atoms with van der Waals surface area (Å²) in [5.74, 6) is -1.28. The number of rotatable bonds is 13. The standard InChI is InChI=1S/C38H41ClFN3O5S/c1-27-17-20-32(21-18-27)49(46,47)43(31-19-22-36(48-2)33(39)24-31)26-37(44)42(25-29-13-9-10-16-34(29)40)35(23-28-11-5-3-6-12-28)38(45)41-30-14-7-4-8-15-30/h3,5-6,9-13,16-22,24,30,35H,4,7-8,14-15,23,25-26H2,1-2H3,(H,41,45)/t35-/m0/s1. The van der Waals surface area contributed by atoms with Crippen molar-refractivity contribution in [3.05, 3.63) is 125 Å². The van der Waals surface area contributed by atoms with Crippen LogP contribution in [0.2, 0.25) is 5.02 Å². The molecule has 0 aromatic heterocycles. The van der Waals surface area contributed by atoms with Gasteiger partial charge in [0.15, 0.2) is 0 Å². The Morgan fingerprint density at radius 1 is 0.939 bits per heavy atom. The SMILES string of the molecule is COc1ccc(N(CC(=O)N(Cc2ccccc2F)[C@@H](Cc2ccccc2)C(=O)NC2CCCCC2)S(=O)(=O)c2ccc(C)cc2)cc1Cl. The summed E-state index contributed by atoms with van der Waals surface area (Å²) in [4.78, 5) is 30.1. The molecular formula is C38H41ClFN3O5S. The first-order chi connectivity index (χ1) is 23.6. The fourth-order valence-electron chi connectivity index (χ4n) is 6.09. The molecule has 11 heteroatoms. The summed E-state index contributed by atoms with van der Waals surface area (Å²) in [5.41, 5.74) is 1.97. The Hall–Kier alpha value is -4.41. The molecule has 1 N–H and O–H groups in total. The predicted octanol–water partition coefficient (Wildman–Crippen LogP) is 7.08. The number of nitrogens with zero attached hydrogens (tertiary/aromatic N) is 2. The van der Waals surface area contributed by atoms with Gasteiger partial charge in [-0.05, 0) is 61.7 Å². The summed E-state index contributed by atoms with van der Waals surface area (Å²) in [7, 11) is -2.89. The van der Waals surface area contributed by atoms with Gasteiger partial charge in [0.1, 0.15) is 24.2 Å². The molecule has 1 saturated carbocycles. The van der Waals surface area contributed by atoms with Gasteiger partial charge in [0.05, 0.1) is 22.7 Å². The van der Waals surface area contributed by atoms with E-state index in [0.717, 1.165) is 47.5 Å². The van der Waals surface area contributed by atoms with Gasteiger partial charge in [-0.2, -0.15) is 0 Å². The number of halogens is 2. The summed E-state index contributed by atoms with van der Waals surface area (Å²) in [6.07, 6.45) is 4.86.